The van der Waals surface area contributed by atoms with Crippen LogP contribution in [0.1, 0.15) is 10.4 Å². The zero-order chi connectivity index (χ0) is 17.3. The smallest absolute Gasteiger partial charge is 0.338 e. The molecule has 0 radical (unpaired) electrons. The van der Waals surface area contributed by atoms with E-state index in [1.165, 1.54) is 0 Å². The summed E-state index contributed by atoms with van der Waals surface area (Å²) in [6.45, 7) is -0.687. The number of amides is 2. The second-order valence-corrected chi connectivity index (χ2v) is 5.27. The third-order valence-electron chi connectivity index (χ3n) is 2.98. The molecule has 0 saturated heterocycles. The van der Waals surface area contributed by atoms with Gasteiger partial charge in [0.25, 0.3) is 11.8 Å². The summed E-state index contributed by atoms with van der Waals surface area (Å²) in [4.78, 5) is 35.0. The van der Waals surface area contributed by atoms with E-state index >= 15 is 0 Å². The summed E-state index contributed by atoms with van der Waals surface area (Å²) >= 11 is 2.88. The van der Waals surface area contributed by atoms with Gasteiger partial charge in [0.15, 0.2) is 11.6 Å². The standard InChI is InChI=1S/C13H9BrF2N2O5/c14-6-3-5(13(22)23)9(15)10(16)11(6)17-7-4-8(20)18(1-2-19)12(7)21/h3-4,17,19H,1-2H2,(H,22,23). The monoisotopic (exact) mass is 390 g/mol. The predicted octanol–water partition coefficient (Wildman–Crippen LogP) is 1.08. The maximum Gasteiger partial charge on any atom is 0.338 e. The van der Waals surface area contributed by atoms with Crippen molar-refractivity contribution in [3.05, 3.63) is 39.5 Å². The van der Waals surface area contributed by atoms with E-state index in [2.05, 4.69) is 21.2 Å². The number of benzene rings is 1. The SMILES string of the molecule is O=C(O)c1cc(Br)c(NC2=CC(=O)N(CCO)C2=O)c(F)c1F. The Kier molecular flexibility index (Phi) is 4.76. The maximum absolute atomic E-state index is 14.0. The molecule has 3 N–H and O–H groups in total. The van der Waals surface area contributed by atoms with Crippen LogP contribution in [0.15, 0.2) is 22.3 Å². The number of carbonyl (C=O) groups excluding carboxylic acids is 2. The second-order valence-electron chi connectivity index (χ2n) is 4.42. The number of hydrogen-bond donors (Lipinski definition) is 3. The van der Waals surface area contributed by atoms with Crippen molar-refractivity contribution in [2.45, 2.75) is 0 Å². The van der Waals surface area contributed by atoms with Crippen LogP contribution in [0.3, 0.4) is 0 Å². The third kappa shape index (κ3) is 3.08. The van der Waals surface area contributed by atoms with E-state index in [0.717, 1.165) is 17.0 Å². The van der Waals surface area contributed by atoms with Gasteiger partial charge in [-0.3, -0.25) is 14.5 Å². The molecule has 0 unspecified atom stereocenters. The first-order valence-electron chi connectivity index (χ1n) is 6.14. The molecular formula is C13H9BrF2N2O5. The van der Waals surface area contributed by atoms with Crippen LogP contribution in [0.25, 0.3) is 0 Å². The van der Waals surface area contributed by atoms with Gasteiger partial charge in [-0.25, -0.2) is 13.6 Å². The third-order valence-corrected chi connectivity index (χ3v) is 3.61. The second kappa shape index (κ2) is 6.42. The Hall–Kier alpha value is -2.33. The number of halogens is 3. The summed E-state index contributed by atoms with van der Waals surface area (Å²) in [6.07, 6.45) is 0.868. The van der Waals surface area contributed by atoms with Gasteiger partial charge >= 0.3 is 5.97 Å². The summed E-state index contributed by atoms with van der Waals surface area (Å²) in [5.41, 5.74) is -1.74. The highest BCUT2D eigenvalue weighted by molar-refractivity contribution is 9.10. The number of hydrogen-bond acceptors (Lipinski definition) is 5. The molecule has 1 aromatic rings. The van der Waals surface area contributed by atoms with Crippen molar-refractivity contribution >= 4 is 39.4 Å². The fourth-order valence-corrected chi connectivity index (χ4v) is 2.41. The first-order chi connectivity index (χ1) is 10.8. The van der Waals surface area contributed by atoms with Crippen LogP contribution in [0.4, 0.5) is 14.5 Å². The number of β-amino-alcohol motifs (C(OH)–C–C–N with tert-alkyl or cyclic N) is 1. The summed E-state index contributed by atoms with van der Waals surface area (Å²) in [5.74, 6) is -6.32. The van der Waals surface area contributed by atoms with Gasteiger partial charge in [-0.1, -0.05) is 0 Å². The molecule has 1 aromatic carbocycles. The van der Waals surface area contributed by atoms with Gasteiger partial charge in [0.2, 0.25) is 0 Å². The molecule has 2 amide bonds. The molecule has 0 aromatic heterocycles. The molecule has 2 rings (SSSR count). The molecule has 0 fully saturated rings. The van der Waals surface area contributed by atoms with Gasteiger partial charge < -0.3 is 15.5 Å². The van der Waals surface area contributed by atoms with E-state index in [0.29, 0.717) is 0 Å². The van der Waals surface area contributed by atoms with Gasteiger partial charge in [0.05, 0.1) is 24.4 Å². The lowest BCUT2D eigenvalue weighted by molar-refractivity contribution is -0.137. The van der Waals surface area contributed by atoms with Crippen LogP contribution in [-0.4, -0.2) is 46.0 Å². The number of aromatic carboxylic acids is 1. The number of carboxylic acid groups (broad SMARTS) is 1. The number of carboxylic acids is 1. The largest absolute Gasteiger partial charge is 0.478 e. The molecule has 10 heteroatoms. The quantitative estimate of drug-likeness (QED) is 0.513. The number of aliphatic hydroxyl groups excluding tert-OH is 1. The predicted molar refractivity (Wildman–Crippen MR) is 76.5 cm³/mol. The zero-order valence-electron chi connectivity index (χ0n) is 11.3. The van der Waals surface area contributed by atoms with Crippen molar-refractivity contribution in [2.75, 3.05) is 18.5 Å². The van der Waals surface area contributed by atoms with E-state index in [1.54, 1.807) is 0 Å². The highest BCUT2D eigenvalue weighted by atomic mass is 79.9. The number of imide groups is 1. The lowest BCUT2D eigenvalue weighted by Gasteiger charge is -2.15. The number of anilines is 1. The van der Waals surface area contributed by atoms with Crippen LogP contribution in [0, 0.1) is 11.6 Å². The average Bonchev–Trinajstić information content (AvgIpc) is 2.75. The summed E-state index contributed by atoms with van der Waals surface area (Å²) in [5, 5.41) is 19.8. The minimum atomic E-state index is -1.66. The summed E-state index contributed by atoms with van der Waals surface area (Å²) in [6, 6.07) is 0.830. The zero-order valence-corrected chi connectivity index (χ0v) is 12.9. The molecule has 1 heterocycles. The molecule has 0 saturated carbocycles. The van der Waals surface area contributed by atoms with Gasteiger partial charge in [-0.15, -0.1) is 0 Å². The Balaban J connectivity index is 2.37. The number of nitrogens with zero attached hydrogens (tertiary/aromatic N) is 1. The van der Waals surface area contributed by atoms with Gasteiger partial charge in [-0.2, -0.15) is 0 Å². The molecule has 7 nitrogen and oxygen atoms in total. The normalized spacial score (nSPS) is 14.3. The molecule has 23 heavy (non-hydrogen) atoms. The van der Waals surface area contributed by atoms with Crippen LogP contribution < -0.4 is 5.32 Å². The van der Waals surface area contributed by atoms with Gasteiger partial charge in [0.1, 0.15) is 5.70 Å². The average molecular weight is 391 g/mol. The molecule has 122 valence electrons. The Morgan fingerprint density at radius 3 is 2.52 bits per heavy atom. The number of carbonyl (C=O) groups is 3. The minimum Gasteiger partial charge on any atom is -0.478 e. The van der Waals surface area contributed by atoms with E-state index in [4.69, 9.17) is 10.2 Å². The Labute approximate surface area is 136 Å². The Bertz CT molecular complexity index is 750. The topological polar surface area (TPSA) is 107 Å². The van der Waals surface area contributed by atoms with Crippen LogP contribution in [0.2, 0.25) is 0 Å². The molecule has 0 spiro atoms. The molecule has 0 bridgehead atoms. The Morgan fingerprint density at radius 1 is 1.30 bits per heavy atom. The van der Waals surface area contributed by atoms with Gasteiger partial charge in [0, 0.05) is 10.5 Å². The first kappa shape index (κ1) is 17.0. The molecule has 1 aliphatic heterocycles. The molecule has 0 atom stereocenters. The number of rotatable bonds is 5. The van der Waals surface area contributed by atoms with Crippen molar-refractivity contribution in [3.63, 3.8) is 0 Å². The fourth-order valence-electron chi connectivity index (χ4n) is 1.91. The number of aliphatic hydroxyl groups is 1. The highest BCUT2D eigenvalue weighted by Crippen LogP contribution is 2.32. The maximum atomic E-state index is 14.0. The van der Waals surface area contributed by atoms with Crippen LogP contribution in [0.5, 0.6) is 0 Å². The molecule has 0 aliphatic carbocycles. The van der Waals surface area contributed by atoms with Gasteiger partial charge in [-0.05, 0) is 22.0 Å². The molecule has 1 aliphatic rings. The first-order valence-corrected chi connectivity index (χ1v) is 6.93. The minimum absolute atomic E-state index is 0.143. The lowest BCUT2D eigenvalue weighted by Crippen LogP contribution is -2.34. The number of nitrogens with one attached hydrogen (secondary N) is 1. The summed E-state index contributed by atoms with van der Waals surface area (Å²) in [7, 11) is 0. The highest BCUT2D eigenvalue weighted by Gasteiger charge is 2.32. The van der Waals surface area contributed by atoms with Crippen LogP contribution in [-0.2, 0) is 9.59 Å². The Morgan fingerprint density at radius 2 is 1.96 bits per heavy atom. The van der Waals surface area contributed by atoms with Crippen molar-refractivity contribution in [3.8, 4) is 0 Å². The van der Waals surface area contributed by atoms with Crippen molar-refractivity contribution in [2.24, 2.45) is 0 Å². The van der Waals surface area contributed by atoms with E-state index in [1.807, 2.05) is 0 Å². The van der Waals surface area contributed by atoms with E-state index in [9.17, 15) is 23.2 Å². The lowest BCUT2D eigenvalue weighted by atomic mass is 10.1. The van der Waals surface area contributed by atoms with Crippen molar-refractivity contribution < 1.29 is 33.4 Å². The molecular weight excluding hydrogens is 382 g/mol. The van der Waals surface area contributed by atoms with Crippen molar-refractivity contribution in [1.82, 2.24) is 4.90 Å². The van der Waals surface area contributed by atoms with Crippen LogP contribution >= 0.6 is 15.9 Å². The summed E-state index contributed by atoms with van der Waals surface area (Å²) < 4.78 is 27.6. The fraction of sp³-hybridized carbons (Fsp3) is 0.154. The van der Waals surface area contributed by atoms with E-state index < -0.39 is 47.3 Å². The van der Waals surface area contributed by atoms with Crippen molar-refractivity contribution in [1.29, 1.82) is 0 Å². The van der Waals surface area contributed by atoms with E-state index in [-0.39, 0.29) is 16.7 Å².